The van der Waals surface area contributed by atoms with E-state index in [0.29, 0.717) is 23.5 Å². The van der Waals surface area contributed by atoms with E-state index in [1.165, 1.54) is 20.2 Å². The van der Waals surface area contributed by atoms with Gasteiger partial charge >= 0.3 is 0 Å². The Bertz CT molecular complexity index is 1400. The van der Waals surface area contributed by atoms with Crippen LogP contribution in [0, 0.1) is 11.3 Å². The largest absolute Gasteiger partial charge is 0.350 e. The van der Waals surface area contributed by atoms with E-state index in [2.05, 4.69) is 5.48 Å². The molecule has 2 saturated heterocycles. The van der Waals surface area contributed by atoms with Crippen molar-refractivity contribution in [2.45, 2.75) is 35.8 Å². The second-order valence-corrected chi connectivity index (χ2v) is 14.3. The first-order valence-corrected chi connectivity index (χ1v) is 15.6. The molecule has 15 heteroatoms. The molecular weight excluding hydrogens is 554 g/mol. The lowest BCUT2D eigenvalue weighted by atomic mass is 10.1. The minimum absolute atomic E-state index is 0.00936. The van der Waals surface area contributed by atoms with Crippen LogP contribution in [0.2, 0.25) is 0 Å². The van der Waals surface area contributed by atoms with E-state index < -0.39 is 38.5 Å². The first-order chi connectivity index (χ1) is 18.0. The molecule has 0 bridgehead atoms. The molecule has 2 fully saturated rings. The number of sulfonamides is 1. The maximum Gasteiger partial charge on any atom is 0.281 e. The number of hydroxylamine groups is 1. The summed E-state index contributed by atoms with van der Waals surface area (Å²) >= 11 is 1.03. The summed E-state index contributed by atoms with van der Waals surface area (Å²) in [5, 5.41) is 9.01. The number of thiophene rings is 1. The molecule has 0 spiro atoms. The molecular formula is C23H29N5O7S3. The number of nitrogens with one attached hydrogen (secondary N) is 1. The molecule has 1 aromatic heterocycles. The van der Waals surface area contributed by atoms with Crippen LogP contribution in [-0.2, 0) is 34.6 Å². The van der Waals surface area contributed by atoms with Gasteiger partial charge in [0.25, 0.3) is 26.1 Å². The maximum atomic E-state index is 13.7. The minimum Gasteiger partial charge on any atom is -0.350 e. The Balaban J connectivity index is 1.59. The van der Waals surface area contributed by atoms with Crippen molar-refractivity contribution < 1.29 is 31.2 Å². The Morgan fingerprint density at radius 3 is 2.50 bits per heavy atom. The highest BCUT2D eigenvalue weighted by Crippen LogP contribution is 2.34. The van der Waals surface area contributed by atoms with E-state index in [0.717, 1.165) is 42.7 Å². The molecule has 1 N–H and O–H groups in total. The number of rotatable bonds is 8. The van der Waals surface area contributed by atoms with E-state index >= 15 is 0 Å². The van der Waals surface area contributed by atoms with Crippen molar-refractivity contribution in [3.8, 4) is 16.5 Å². The zero-order valence-corrected chi connectivity index (χ0v) is 23.4. The highest BCUT2D eigenvalue weighted by Gasteiger charge is 2.44. The fraction of sp³-hybridized carbons (Fsp3) is 0.478. The van der Waals surface area contributed by atoms with Gasteiger partial charge in [-0.15, -0.1) is 11.3 Å². The van der Waals surface area contributed by atoms with E-state index in [-0.39, 0.29) is 23.8 Å². The first kappa shape index (κ1) is 28.6. The fourth-order valence-electron chi connectivity index (χ4n) is 4.12. The summed E-state index contributed by atoms with van der Waals surface area (Å²) in [5.74, 6) is -0.787. The monoisotopic (exact) mass is 583 g/mol. The van der Waals surface area contributed by atoms with Crippen molar-refractivity contribution in [1.29, 1.82) is 5.26 Å². The van der Waals surface area contributed by atoms with Crippen LogP contribution in [-0.4, -0.2) is 88.3 Å². The molecule has 38 heavy (non-hydrogen) atoms. The van der Waals surface area contributed by atoms with Crippen LogP contribution >= 0.6 is 11.3 Å². The smallest absolute Gasteiger partial charge is 0.281 e. The minimum atomic E-state index is -4.17. The number of carbonyl (C=O) groups excluding carboxylic acids is 1. The second kappa shape index (κ2) is 11.8. The number of benzene rings is 1. The fourth-order valence-corrected chi connectivity index (χ4v) is 8.23. The van der Waals surface area contributed by atoms with Crippen LogP contribution in [0.3, 0.4) is 0 Å². The predicted molar refractivity (Wildman–Crippen MR) is 139 cm³/mol. The van der Waals surface area contributed by atoms with Crippen LogP contribution in [0.1, 0.15) is 24.8 Å². The van der Waals surface area contributed by atoms with Crippen molar-refractivity contribution in [2.75, 3.05) is 40.3 Å². The molecule has 3 heterocycles. The number of carbonyl (C=O) groups is 1. The molecule has 4 rings (SSSR count). The summed E-state index contributed by atoms with van der Waals surface area (Å²) in [4.78, 5) is 19.2. The molecule has 2 aliphatic rings. The third-order valence-electron chi connectivity index (χ3n) is 6.26. The van der Waals surface area contributed by atoms with Gasteiger partial charge in [0.05, 0.1) is 11.6 Å². The van der Waals surface area contributed by atoms with Crippen LogP contribution in [0.15, 0.2) is 40.6 Å². The lowest BCUT2D eigenvalue weighted by Gasteiger charge is -2.39. The molecule has 1 aromatic carbocycles. The van der Waals surface area contributed by atoms with E-state index in [1.807, 2.05) is 6.07 Å². The number of nitrogens with zero attached hydrogens (tertiary/aromatic N) is 4. The molecule has 12 nitrogen and oxygen atoms in total. The van der Waals surface area contributed by atoms with Crippen molar-refractivity contribution in [2.24, 2.45) is 0 Å². The van der Waals surface area contributed by atoms with Crippen LogP contribution < -0.4 is 5.48 Å². The van der Waals surface area contributed by atoms with Gasteiger partial charge in [0.2, 0.25) is 0 Å². The lowest BCUT2D eigenvalue weighted by molar-refractivity contribution is -0.202. The van der Waals surface area contributed by atoms with Crippen LogP contribution in [0.5, 0.6) is 0 Å². The Hall–Kier alpha value is -2.42. The summed E-state index contributed by atoms with van der Waals surface area (Å²) in [6, 6.07) is 10.5. The van der Waals surface area contributed by atoms with Gasteiger partial charge < -0.3 is 4.74 Å². The van der Waals surface area contributed by atoms with E-state index in [1.54, 1.807) is 30.3 Å². The van der Waals surface area contributed by atoms with Crippen molar-refractivity contribution in [3.05, 3.63) is 42.0 Å². The number of nitriles is 1. The Morgan fingerprint density at radius 1 is 1.13 bits per heavy atom. The lowest BCUT2D eigenvalue weighted by Crippen LogP contribution is -2.62. The van der Waals surface area contributed by atoms with Crippen molar-refractivity contribution in [1.82, 2.24) is 18.4 Å². The SMILES string of the molecule is CN(C)S(=O)(=O)N1CCN(S(=O)(=O)c2ccc(-c3ccc(C#N)cc3)s2)[C@@H](C(=O)NOC2CCCCO2)C1. The standard InChI is InChI=1S/C23H29N5O7S3/c1-26(2)38(32,33)27-12-13-28(19(16-27)23(29)25-35-21-5-3-4-14-34-21)37(30,31)22-11-10-20(36-22)18-8-6-17(15-24)7-9-18/h6-11,19,21H,3-5,12-14,16H2,1-2H3,(H,25,29)/t19-,21?/m1/s1. The van der Waals surface area contributed by atoms with Crippen LogP contribution in [0.4, 0.5) is 0 Å². The highest BCUT2D eigenvalue weighted by atomic mass is 32.2. The number of piperazine rings is 1. The number of hydrogen-bond donors (Lipinski definition) is 1. The van der Waals surface area contributed by atoms with Gasteiger partial charge in [0, 0.05) is 51.6 Å². The topological polar surface area (TPSA) is 149 Å². The molecule has 0 aliphatic carbocycles. The third kappa shape index (κ3) is 6.08. The number of amides is 1. The molecule has 1 amide bonds. The molecule has 1 unspecified atom stereocenters. The summed E-state index contributed by atoms with van der Waals surface area (Å²) in [5.41, 5.74) is 3.52. The normalized spacial score (nSPS) is 21.7. The molecule has 0 saturated carbocycles. The summed E-state index contributed by atoms with van der Waals surface area (Å²) in [6.07, 6.45) is 1.65. The van der Waals surface area contributed by atoms with Gasteiger partial charge in [0.15, 0.2) is 6.29 Å². The van der Waals surface area contributed by atoms with Gasteiger partial charge in [-0.1, -0.05) is 12.1 Å². The van der Waals surface area contributed by atoms with E-state index in [9.17, 15) is 21.6 Å². The Labute approximate surface area is 226 Å². The Kier molecular flexibility index (Phi) is 8.85. The van der Waals surface area contributed by atoms with Gasteiger partial charge in [-0.05, 0) is 42.7 Å². The van der Waals surface area contributed by atoms with Gasteiger partial charge in [0.1, 0.15) is 10.3 Å². The predicted octanol–water partition coefficient (Wildman–Crippen LogP) is 1.34. The zero-order valence-electron chi connectivity index (χ0n) is 20.9. The summed E-state index contributed by atoms with van der Waals surface area (Å²) in [7, 11) is -5.33. The number of hydrogen-bond acceptors (Lipinski definition) is 9. The van der Waals surface area contributed by atoms with Crippen molar-refractivity contribution >= 4 is 37.5 Å². The third-order valence-corrected chi connectivity index (χ3v) is 11.7. The van der Waals surface area contributed by atoms with Gasteiger partial charge in [-0.3, -0.25) is 4.79 Å². The summed E-state index contributed by atoms with van der Waals surface area (Å²) < 4.78 is 61.5. The van der Waals surface area contributed by atoms with E-state index in [4.69, 9.17) is 14.8 Å². The summed E-state index contributed by atoms with van der Waals surface area (Å²) in [6.45, 7) is -0.241. The molecule has 2 atom stereocenters. The molecule has 0 radical (unpaired) electrons. The Morgan fingerprint density at radius 2 is 1.87 bits per heavy atom. The quantitative estimate of drug-likeness (QED) is 0.458. The van der Waals surface area contributed by atoms with Crippen molar-refractivity contribution in [3.63, 3.8) is 0 Å². The zero-order chi connectivity index (χ0) is 27.5. The van der Waals surface area contributed by atoms with Crippen LogP contribution in [0.25, 0.3) is 10.4 Å². The maximum absolute atomic E-state index is 13.7. The average Bonchev–Trinajstić information content (AvgIpc) is 3.43. The average molecular weight is 584 g/mol. The van der Waals surface area contributed by atoms with Gasteiger partial charge in [-0.2, -0.15) is 26.6 Å². The molecule has 206 valence electrons. The van der Waals surface area contributed by atoms with Gasteiger partial charge in [-0.25, -0.2) is 18.7 Å². The molecule has 2 aliphatic heterocycles. The number of ether oxygens (including phenoxy) is 1. The molecule has 2 aromatic rings. The first-order valence-electron chi connectivity index (χ1n) is 11.9. The highest BCUT2D eigenvalue weighted by molar-refractivity contribution is 7.91. The second-order valence-electron chi connectivity index (χ2n) is 8.97.